The summed E-state index contributed by atoms with van der Waals surface area (Å²) in [5, 5.41) is 0. The largest absolute Gasteiger partial charge is 0.466 e. The van der Waals surface area contributed by atoms with E-state index >= 15 is 0 Å². The van der Waals surface area contributed by atoms with Gasteiger partial charge in [0.1, 0.15) is 6.23 Å². The highest BCUT2D eigenvalue weighted by atomic mass is 32.2. The smallest absolute Gasteiger partial charge is 0.302 e. The monoisotopic (exact) mass is 427 g/mol. The SMILES string of the molecule is CC(=O)OCCCCCCCCCCCCO[C@@H]1NSN[C@@H]1C1=CCCN(C)C1. The molecular weight excluding hydrogens is 386 g/mol. The number of ether oxygens (including phenoxy) is 2. The zero-order chi connectivity index (χ0) is 20.7. The zero-order valence-electron chi connectivity index (χ0n) is 18.4. The van der Waals surface area contributed by atoms with Crippen molar-refractivity contribution < 1.29 is 14.3 Å². The van der Waals surface area contributed by atoms with Gasteiger partial charge in [-0.3, -0.25) is 4.79 Å². The van der Waals surface area contributed by atoms with Gasteiger partial charge in [0.15, 0.2) is 0 Å². The molecule has 0 unspecified atom stereocenters. The van der Waals surface area contributed by atoms with Crippen LogP contribution in [-0.2, 0) is 14.3 Å². The molecule has 2 heterocycles. The molecule has 1 saturated heterocycles. The average molecular weight is 428 g/mol. The molecule has 0 aromatic heterocycles. The highest BCUT2D eigenvalue weighted by molar-refractivity contribution is 7.95. The third-order valence-corrected chi connectivity index (χ3v) is 6.30. The van der Waals surface area contributed by atoms with Crippen molar-refractivity contribution in [1.82, 2.24) is 14.3 Å². The summed E-state index contributed by atoms with van der Waals surface area (Å²) in [6.45, 7) is 5.07. The van der Waals surface area contributed by atoms with Crippen LogP contribution in [0.15, 0.2) is 11.6 Å². The van der Waals surface area contributed by atoms with Crippen molar-refractivity contribution in [2.45, 2.75) is 89.8 Å². The van der Waals surface area contributed by atoms with Gasteiger partial charge in [-0.2, -0.15) is 0 Å². The molecule has 29 heavy (non-hydrogen) atoms. The van der Waals surface area contributed by atoms with E-state index in [1.54, 1.807) is 12.1 Å². The van der Waals surface area contributed by atoms with E-state index in [-0.39, 0.29) is 18.2 Å². The third-order valence-electron chi connectivity index (χ3n) is 5.57. The Morgan fingerprint density at radius 3 is 2.28 bits per heavy atom. The number of nitrogens with one attached hydrogen (secondary N) is 2. The predicted molar refractivity (Wildman–Crippen MR) is 120 cm³/mol. The second kappa shape index (κ2) is 15.2. The molecule has 2 atom stereocenters. The van der Waals surface area contributed by atoms with Gasteiger partial charge in [-0.1, -0.05) is 57.4 Å². The summed E-state index contributed by atoms with van der Waals surface area (Å²) in [5.74, 6) is -0.167. The normalized spacial score (nSPS) is 22.6. The van der Waals surface area contributed by atoms with Gasteiger partial charge in [0.05, 0.1) is 12.6 Å². The van der Waals surface area contributed by atoms with Crippen LogP contribution in [0, 0.1) is 0 Å². The Morgan fingerprint density at radius 2 is 1.66 bits per heavy atom. The molecule has 1 fully saturated rings. The van der Waals surface area contributed by atoms with Crippen molar-refractivity contribution in [1.29, 1.82) is 0 Å². The summed E-state index contributed by atoms with van der Waals surface area (Å²) in [4.78, 5) is 13.0. The number of rotatable bonds is 15. The Balaban J connectivity index is 1.39. The second-order valence-corrected chi connectivity index (χ2v) is 8.96. The molecular formula is C22H41N3O3S. The van der Waals surface area contributed by atoms with Gasteiger partial charge >= 0.3 is 5.97 Å². The highest BCUT2D eigenvalue weighted by Gasteiger charge is 2.32. The van der Waals surface area contributed by atoms with Gasteiger partial charge in [-0.25, -0.2) is 9.44 Å². The van der Waals surface area contributed by atoms with E-state index in [9.17, 15) is 4.79 Å². The maximum atomic E-state index is 10.7. The molecule has 2 aliphatic rings. The van der Waals surface area contributed by atoms with Gasteiger partial charge in [0, 0.05) is 38.8 Å². The summed E-state index contributed by atoms with van der Waals surface area (Å²) >= 11 is 1.57. The van der Waals surface area contributed by atoms with Crippen LogP contribution in [0.25, 0.3) is 0 Å². The number of carbonyl (C=O) groups excluding carboxylic acids is 1. The molecule has 7 heteroatoms. The van der Waals surface area contributed by atoms with Gasteiger partial charge < -0.3 is 14.4 Å². The molecule has 6 nitrogen and oxygen atoms in total. The minimum Gasteiger partial charge on any atom is -0.466 e. The first kappa shape index (κ1) is 24.7. The van der Waals surface area contributed by atoms with Crippen molar-refractivity contribution in [2.75, 3.05) is 33.4 Å². The molecule has 0 radical (unpaired) electrons. The van der Waals surface area contributed by atoms with Crippen LogP contribution in [0.5, 0.6) is 0 Å². The summed E-state index contributed by atoms with van der Waals surface area (Å²) in [7, 11) is 2.18. The number of hydrogen-bond acceptors (Lipinski definition) is 7. The predicted octanol–water partition coefficient (Wildman–Crippen LogP) is 4.18. The maximum Gasteiger partial charge on any atom is 0.302 e. The van der Waals surface area contributed by atoms with Gasteiger partial charge in [0.25, 0.3) is 0 Å². The molecule has 0 amide bonds. The van der Waals surface area contributed by atoms with E-state index in [1.165, 1.54) is 63.9 Å². The van der Waals surface area contributed by atoms with Crippen molar-refractivity contribution in [3.63, 3.8) is 0 Å². The van der Waals surface area contributed by atoms with Crippen molar-refractivity contribution in [3.05, 3.63) is 11.6 Å². The maximum absolute atomic E-state index is 10.7. The van der Waals surface area contributed by atoms with E-state index in [1.807, 2.05) is 0 Å². The average Bonchev–Trinajstić information content (AvgIpc) is 3.16. The van der Waals surface area contributed by atoms with Crippen molar-refractivity contribution in [3.8, 4) is 0 Å². The molecule has 0 saturated carbocycles. The molecule has 0 bridgehead atoms. The Bertz CT molecular complexity index is 490. The summed E-state index contributed by atoms with van der Waals surface area (Å²) in [6, 6.07) is 0.289. The van der Waals surface area contributed by atoms with Crippen LogP contribution in [-0.4, -0.2) is 56.5 Å². The Hall–Kier alpha value is -0.600. The number of esters is 1. The molecule has 2 N–H and O–H groups in total. The minimum absolute atomic E-state index is 0.0820. The lowest BCUT2D eigenvalue weighted by Gasteiger charge is -2.28. The molecule has 0 aliphatic carbocycles. The molecule has 0 aromatic carbocycles. The minimum atomic E-state index is -0.167. The molecule has 0 spiro atoms. The molecule has 168 valence electrons. The topological polar surface area (TPSA) is 62.8 Å². The lowest BCUT2D eigenvalue weighted by molar-refractivity contribution is -0.141. The van der Waals surface area contributed by atoms with Crippen LogP contribution < -0.4 is 9.44 Å². The van der Waals surface area contributed by atoms with E-state index in [4.69, 9.17) is 9.47 Å². The van der Waals surface area contributed by atoms with Crippen LogP contribution in [0.3, 0.4) is 0 Å². The van der Waals surface area contributed by atoms with E-state index in [0.29, 0.717) is 6.61 Å². The fraction of sp³-hybridized carbons (Fsp3) is 0.864. The van der Waals surface area contributed by atoms with Crippen molar-refractivity contribution >= 4 is 18.1 Å². The first-order valence-electron chi connectivity index (χ1n) is 11.5. The Labute approximate surface area is 181 Å². The van der Waals surface area contributed by atoms with Crippen LogP contribution in [0.4, 0.5) is 0 Å². The molecule has 2 aliphatic heterocycles. The van der Waals surface area contributed by atoms with E-state index < -0.39 is 0 Å². The van der Waals surface area contributed by atoms with E-state index in [0.717, 1.165) is 39.0 Å². The summed E-state index contributed by atoms with van der Waals surface area (Å²) < 4.78 is 17.9. The third kappa shape index (κ3) is 10.8. The molecule has 0 aromatic rings. The Kier molecular flexibility index (Phi) is 13.0. The quantitative estimate of drug-likeness (QED) is 0.176. The molecule has 2 rings (SSSR count). The van der Waals surface area contributed by atoms with Crippen LogP contribution >= 0.6 is 12.1 Å². The zero-order valence-corrected chi connectivity index (χ0v) is 19.2. The number of unbranched alkanes of at least 4 members (excludes halogenated alkanes) is 9. The van der Waals surface area contributed by atoms with Crippen LogP contribution in [0.1, 0.15) is 77.6 Å². The first-order valence-corrected chi connectivity index (χ1v) is 12.3. The number of likely N-dealkylation sites (N-methyl/N-ethyl adjacent to an activating group) is 1. The lowest BCUT2D eigenvalue weighted by Crippen LogP contribution is -2.42. The van der Waals surface area contributed by atoms with E-state index in [2.05, 4.69) is 27.5 Å². The summed E-state index contributed by atoms with van der Waals surface area (Å²) in [5.41, 5.74) is 1.45. The van der Waals surface area contributed by atoms with Crippen LogP contribution in [0.2, 0.25) is 0 Å². The number of nitrogens with zero attached hydrogens (tertiary/aromatic N) is 1. The van der Waals surface area contributed by atoms with Gasteiger partial charge in [-0.15, -0.1) is 0 Å². The highest BCUT2D eigenvalue weighted by Crippen LogP contribution is 2.22. The Morgan fingerprint density at radius 1 is 1.03 bits per heavy atom. The number of carbonyl (C=O) groups is 1. The van der Waals surface area contributed by atoms with Gasteiger partial charge in [0.2, 0.25) is 0 Å². The van der Waals surface area contributed by atoms with Gasteiger partial charge in [-0.05, 0) is 31.9 Å². The fourth-order valence-electron chi connectivity index (χ4n) is 3.88. The fourth-order valence-corrected chi connectivity index (χ4v) is 4.67. The standard InChI is InChI=1S/C22H41N3O3S/c1-19(26)27-16-11-9-7-5-3-4-6-8-10-12-17-28-22-21(23-29-24-22)20-14-13-15-25(2)18-20/h14,21-24H,3-13,15-18H2,1-2H3/t21-,22+/m1/s1. The number of hydrogen-bond donors (Lipinski definition) is 2. The summed E-state index contributed by atoms with van der Waals surface area (Å²) in [6.07, 6.45) is 16.0. The second-order valence-electron chi connectivity index (χ2n) is 8.29. The first-order chi connectivity index (χ1) is 14.2. The lowest BCUT2D eigenvalue weighted by atomic mass is 10.0. The van der Waals surface area contributed by atoms with Crippen molar-refractivity contribution in [2.24, 2.45) is 0 Å².